The molecule has 1 amide bonds. The van der Waals surface area contributed by atoms with E-state index in [2.05, 4.69) is 11.8 Å². The molecule has 4 nitrogen and oxygen atoms in total. The number of hydrogen-bond acceptors (Lipinski definition) is 3. The Balaban J connectivity index is 0.00000169. The molecular formula is C20H33Cl2N3O. The number of anilines is 1. The normalized spacial score (nSPS) is 23.7. The number of benzene rings is 1. The molecule has 2 atom stereocenters. The molecule has 1 aromatic rings. The van der Waals surface area contributed by atoms with Crippen molar-refractivity contribution in [2.24, 2.45) is 5.92 Å². The largest absolute Gasteiger partial charge is 0.399 e. The molecule has 0 radical (unpaired) electrons. The Morgan fingerprint density at radius 3 is 2.65 bits per heavy atom. The topological polar surface area (TPSA) is 49.6 Å². The molecule has 148 valence electrons. The monoisotopic (exact) mass is 401 g/mol. The van der Waals surface area contributed by atoms with Gasteiger partial charge in [0.2, 0.25) is 0 Å². The van der Waals surface area contributed by atoms with Gasteiger partial charge < -0.3 is 15.5 Å². The van der Waals surface area contributed by atoms with Gasteiger partial charge >= 0.3 is 0 Å². The van der Waals surface area contributed by atoms with E-state index in [0.29, 0.717) is 17.6 Å². The van der Waals surface area contributed by atoms with Gasteiger partial charge in [0.25, 0.3) is 5.91 Å². The average molecular weight is 402 g/mol. The fraction of sp³-hybridized carbons (Fsp3) is 0.650. The highest BCUT2D eigenvalue weighted by atomic mass is 35.5. The Morgan fingerprint density at radius 1 is 1.15 bits per heavy atom. The summed E-state index contributed by atoms with van der Waals surface area (Å²) in [6, 6.07) is 6.33. The van der Waals surface area contributed by atoms with E-state index in [0.717, 1.165) is 37.2 Å². The molecule has 0 aliphatic carbocycles. The van der Waals surface area contributed by atoms with Crippen LogP contribution in [0.1, 0.15) is 54.9 Å². The minimum atomic E-state index is 0. The van der Waals surface area contributed by atoms with Gasteiger partial charge in [0.1, 0.15) is 0 Å². The van der Waals surface area contributed by atoms with Gasteiger partial charge in [-0.1, -0.05) is 12.5 Å². The van der Waals surface area contributed by atoms with E-state index in [1.54, 1.807) is 0 Å². The van der Waals surface area contributed by atoms with Crippen LogP contribution in [0.3, 0.4) is 0 Å². The first-order valence-electron chi connectivity index (χ1n) is 9.44. The molecule has 2 fully saturated rings. The van der Waals surface area contributed by atoms with E-state index in [9.17, 15) is 4.79 Å². The maximum absolute atomic E-state index is 12.9. The van der Waals surface area contributed by atoms with Crippen LogP contribution in [0.2, 0.25) is 0 Å². The molecule has 0 saturated carbocycles. The third kappa shape index (κ3) is 5.51. The number of rotatable bonds is 3. The van der Waals surface area contributed by atoms with Crippen LogP contribution in [0.5, 0.6) is 0 Å². The first-order valence-corrected chi connectivity index (χ1v) is 9.44. The molecule has 2 unspecified atom stereocenters. The third-order valence-electron chi connectivity index (χ3n) is 5.73. The number of likely N-dealkylation sites (tertiary alicyclic amines) is 2. The summed E-state index contributed by atoms with van der Waals surface area (Å²) in [4.78, 5) is 17.6. The summed E-state index contributed by atoms with van der Waals surface area (Å²) in [5.41, 5.74) is 8.33. The minimum Gasteiger partial charge on any atom is -0.399 e. The first kappa shape index (κ1) is 23.1. The molecule has 2 aliphatic rings. The maximum Gasteiger partial charge on any atom is 0.254 e. The van der Waals surface area contributed by atoms with Crippen molar-refractivity contribution in [1.29, 1.82) is 0 Å². The summed E-state index contributed by atoms with van der Waals surface area (Å²) < 4.78 is 0. The van der Waals surface area contributed by atoms with Crippen LogP contribution in [0.4, 0.5) is 5.69 Å². The molecule has 0 spiro atoms. The maximum atomic E-state index is 12.9. The molecule has 2 heterocycles. The highest BCUT2D eigenvalue weighted by Gasteiger charge is 2.28. The predicted octanol–water partition coefficient (Wildman–Crippen LogP) is 4.15. The van der Waals surface area contributed by atoms with Crippen molar-refractivity contribution in [3.05, 3.63) is 29.3 Å². The van der Waals surface area contributed by atoms with Gasteiger partial charge in [-0.3, -0.25) is 4.79 Å². The van der Waals surface area contributed by atoms with E-state index >= 15 is 0 Å². The van der Waals surface area contributed by atoms with Crippen molar-refractivity contribution in [3.63, 3.8) is 0 Å². The van der Waals surface area contributed by atoms with Crippen LogP contribution >= 0.6 is 24.8 Å². The number of nitrogens with two attached hydrogens (primary N) is 1. The van der Waals surface area contributed by atoms with Crippen LogP contribution < -0.4 is 5.73 Å². The van der Waals surface area contributed by atoms with E-state index in [4.69, 9.17) is 5.73 Å². The van der Waals surface area contributed by atoms with E-state index < -0.39 is 0 Å². The Labute approximate surface area is 170 Å². The molecule has 2 saturated heterocycles. The van der Waals surface area contributed by atoms with Crippen LogP contribution in [0.25, 0.3) is 0 Å². The van der Waals surface area contributed by atoms with E-state index in [-0.39, 0.29) is 30.7 Å². The number of aryl methyl sites for hydroxylation is 1. The average Bonchev–Trinajstić information content (AvgIpc) is 2.59. The number of hydrogen-bond donors (Lipinski definition) is 1. The summed E-state index contributed by atoms with van der Waals surface area (Å²) >= 11 is 0. The minimum absolute atomic E-state index is 0. The number of halogens is 2. The summed E-state index contributed by atoms with van der Waals surface area (Å²) in [5.74, 6) is 0.751. The van der Waals surface area contributed by atoms with Gasteiger partial charge in [0.15, 0.2) is 0 Å². The lowest BCUT2D eigenvalue weighted by atomic mass is 9.94. The highest BCUT2D eigenvalue weighted by molar-refractivity contribution is 5.96. The van der Waals surface area contributed by atoms with Crippen LogP contribution in [-0.2, 0) is 0 Å². The number of nitrogens with zero attached hydrogens (tertiary/aromatic N) is 2. The Morgan fingerprint density at radius 2 is 1.92 bits per heavy atom. The molecular weight excluding hydrogens is 369 g/mol. The van der Waals surface area contributed by atoms with E-state index in [1.807, 2.05) is 30.0 Å². The van der Waals surface area contributed by atoms with Gasteiger partial charge in [-0.25, -0.2) is 0 Å². The highest BCUT2D eigenvalue weighted by Crippen LogP contribution is 2.24. The van der Waals surface area contributed by atoms with Crippen molar-refractivity contribution >= 4 is 36.4 Å². The van der Waals surface area contributed by atoms with Gasteiger partial charge in [-0.2, -0.15) is 0 Å². The molecule has 2 N–H and O–H groups in total. The zero-order valence-electron chi connectivity index (χ0n) is 15.9. The zero-order chi connectivity index (χ0) is 17.1. The number of carbonyl (C=O) groups excluding carboxylic acids is 1. The molecule has 3 rings (SSSR count). The van der Waals surface area contributed by atoms with Gasteiger partial charge in [-0.05, 0) is 69.7 Å². The molecule has 6 heteroatoms. The zero-order valence-corrected chi connectivity index (χ0v) is 17.6. The molecule has 0 aromatic heterocycles. The van der Waals surface area contributed by atoms with Crippen LogP contribution in [0.15, 0.2) is 18.2 Å². The number of piperidine rings is 2. The van der Waals surface area contributed by atoms with Crippen molar-refractivity contribution in [2.45, 2.75) is 52.0 Å². The first-order chi connectivity index (χ1) is 11.5. The van der Waals surface area contributed by atoms with Gasteiger partial charge in [0, 0.05) is 36.9 Å². The Hall–Kier alpha value is -0.970. The van der Waals surface area contributed by atoms with Gasteiger partial charge in [0.05, 0.1) is 0 Å². The standard InChI is InChI=1S/C20H31N3O.2ClH/c1-15-8-9-18(21)12-19(15)20(24)23-11-5-7-17(14-23)13-22-10-4-3-6-16(22)2;;/h8-9,12,16-17H,3-7,10-11,13-14,21H2,1-2H3;2*1H. The number of carbonyl (C=O) groups is 1. The molecule has 2 aliphatic heterocycles. The second-order valence-electron chi connectivity index (χ2n) is 7.67. The molecule has 0 bridgehead atoms. The quantitative estimate of drug-likeness (QED) is 0.773. The van der Waals surface area contributed by atoms with Crippen molar-refractivity contribution < 1.29 is 4.79 Å². The lowest BCUT2D eigenvalue weighted by Crippen LogP contribution is -2.46. The number of amides is 1. The predicted molar refractivity (Wildman–Crippen MR) is 114 cm³/mol. The second kappa shape index (κ2) is 10.4. The second-order valence-corrected chi connectivity index (χ2v) is 7.67. The van der Waals surface area contributed by atoms with Gasteiger partial charge in [-0.15, -0.1) is 24.8 Å². The smallest absolute Gasteiger partial charge is 0.254 e. The van der Waals surface area contributed by atoms with Crippen LogP contribution in [0, 0.1) is 12.8 Å². The lowest BCUT2D eigenvalue weighted by Gasteiger charge is -2.39. The Kier molecular flexibility index (Phi) is 9.22. The summed E-state index contributed by atoms with van der Waals surface area (Å²) in [5, 5.41) is 0. The number of nitrogen functional groups attached to an aromatic ring is 1. The molecule has 1 aromatic carbocycles. The van der Waals surface area contributed by atoms with Crippen LogP contribution in [-0.4, -0.2) is 47.9 Å². The summed E-state index contributed by atoms with van der Waals surface area (Å²) in [6.07, 6.45) is 6.35. The van der Waals surface area contributed by atoms with Crippen molar-refractivity contribution in [3.8, 4) is 0 Å². The molecule has 26 heavy (non-hydrogen) atoms. The lowest BCUT2D eigenvalue weighted by molar-refractivity contribution is 0.0594. The third-order valence-corrected chi connectivity index (χ3v) is 5.73. The SMILES string of the molecule is Cc1ccc(N)cc1C(=O)N1CCCC(CN2CCCCC2C)C1.Cl.Cl. The van der Waals surface area contributed by atoms with E-state index in [1.165, 1.54) is 32.2 Å². The fourth-order valence-corrected chi connectivity index (χ4v) is 4.20. The Bertz CT molecular complexity index is 596. The van der Waals surface area contributed by atoms with Crippen molar-refractivity contribution in [2.75, 3.05) is 31.9 Å². The summed E-state index contributed by atoms with van der Waals surface area (Å²) in [6.45, 7) is 8.46. The fourth-order valence-electron chi connectivity index (χ4n) is 4.20. The summed E-state index contributed by atoms with van der Waals surface area (Å²) in [7, 11) is 0. The van der Waals surface area contributed by atoms with Crippen molar-refractivity contribution in [1.82, 2.24) is 9.80 Å².